The highest BCUT2D eigenvalue weighted by Gasteiger charge is 2.10. The molecule has 0 amide bonds. The van der Waals surface area contributed by atoms with Crippen LogP contribution in [0.15, 0.2) is 18.2 Å². The monoisotopic (exact) mass is 200 g/mol. The van der Waals surface area contributed by atoms with Crippen LogP contribution < -0.4 is 0 Å². The summed E-state index contributed by atoms with van der Waals surface area (Å²) in [6.45, 7) is 4.24. The van der Waals surface area contributed by atoms with Crippen LogP contribution in [0.2, 0.25) is 5.02 Å². The van der Waals surface area contributed by atoms with E-state index in [1.54, 1.807) is 6.07 Å². The highest BCUT2D eigenvalue weighted by Crippen LogP contribution is 2.29. The maximum atomic E-state index is 12.7. The summed E-state index contributed by atoms with van der Waals surface area (Å²) in [4.78, 5) is 0. The Hall–Kier alpha value is -0.560. The number of rotatable bonds is 3. The van der Waals surface area contributed by atoms with Crippen molar-refractivity contribution < 1.29 is 4.39 Å². The number of hydrogen-bond acceptors (Lipinski definition) is 0. The molecule has 0 unspecified atom stereocenters. The summed E-state index contributed by atoms with van der Waals surface area (Å²) in [5, 5.41) is 0.550. The summed E-state index contributed by atoms with van der Waals surface area (Å²) in [5.74, 6) is 0.188. The standard InChI is InChI=1S/C11H14ClF/c1-3-8(4-2)10-6-5-9(13)7-11(10)12/h5-8H,3-4H2,1-2H3. The van der Waals surface area contributed by atoms with Crippen molar-refractivity contribution in [2.75, 3.05) is 0 Å². The Morgan fingerprint density at radius 3 is 2.38 bits per heavy atom. The smallest absolute Gasteiger partial charge is 0.124 e. The van der Waals surface area contributed by atoms with Crippen molar-refractivity contribution >= 4 is 11.6 Å². The molecule has 0 spiro atoms. The predicted molar refractivity (Wildman–Crippen MR) is 54.7 cm³/mol. The predicted octanol–water partition coefficient (Wildman–Crippen LogP) is 4.38. The molecule has 2 heteroatoms. The van der Waals surface area contributed by atoms with Crippen molar-refractivity contribution in [3.63, 3.8) is 0 Å². The first-order valence-electron chi connectivity index (χ1n) is 4.64. The van der Waals surface area contributed by atoms with Crippen LogP contribution in [0.25, 0.3) is 0 Å². The molecule has 1 rings (SSSR count). The van der Waals surface area contributed by atoms with Crippen LogP contribution in [-0.4, -0.2) is 0 Å². The Morgan fingerprint density at radius 2 is 1.92 bits per heavy atom. The third kappa shape index (κ3) is 2.44. The van der Waals surface area contributed by atoms with Gasteiger partial charge in [0.2, 0.25) is 0 Å². The second kappa shape index (κ2) is 4.61. The Kier molecular flexibility index (Phi) is 3.73. The minimum atomic E-state index is -0.264. The average molecular weight is 201 g/mol. The van der Waals surface area contributed by atoms with E-state index in [9.17, 15) is 4.39 Å². The fourth-order valence-electron chi connectivity index (χ4n) is 1.56. The van der Waals surface area contributed by atoms with Crippen molar-refractivity contribution in [3.05, 3.63) is 34.6 Å². The molecular weight excluding hydrogens is 187 g/mol. The first-order chi connectivity index (χ1) is 6.19. The summed E-state index contributed by atoms with van der Waals surface area (Å²) < 4.78 is 12.7. The number of benzene rings is 1. The first-order valence-corrected chi connectivity index (χ1v) is 5.01. The zero-order valence-corrected chi connectivity index (χ0v) is 8.74. The second-order valence-corrected chi connectivity index (χ2v) is 3.59. The molecule has 0 N–H and O–H groups in total. The molecule has 0 bridgehead atoms. The molecule has 0 aliphatic carbocycles. The van der Waals surface area contributed by atoms with Crippen molar-refractivity contribution in [1.82, 2.24) is 0 Å². The zero-order valence-electron chi connectivity index (χ0n) is 7.98. The quantitative estimate of drug-likeness (QED) is 0.679. The van der Waals surface area contributed by atoms with Crippen LogP contribution in [0.4, 0.5) is 4.39 Å². The highest BCUT2D eigenvalue weighted by molar-refractivity contribution is 6.31. The lowest BCUT2D eigenvalue weighted by Crippen LogP contribution is -1.96. The van der Waals surface area contributed by atoms with Crippen molar-refractivity contribution in [3.8, 4) is 0 Å². The topological polar surface area (TPSA) is 0 Å². The molecule has 0 radical (unpaired) electrons. The van der Waals surface area contributed by atoms with Gasteiger partial charge in [-0.15, -0.1) is 0 Å². The summed E-state index contributed by atoms with van der Waals surface area (Å²) >= 11 is 5.94. The maximum absolute atomic E-state index is 12.7. The molecule has 0 aliphatic heterocycles. The van der Waals surface area contributed by atoms with E-state index in [2.05, 4.69) is 13.8 Å². The second-order valence-electron chi connectivity index (χ2n) is 3.18. The molecule has 0 fully saturated rings. The fraction of sp³-hybridized carbons (Fsp3) is 0.455. The number of halogens is 2. The molecule has 0 saturated carbocycles. The minimum Gasteiger partial charge on any atom is -0.207 e. The molecule has 1 aromatic carbocycles. The van der Waals surface area contributed by atoms with Gasteiger partial charge in [-0.25, -0.2) is 4.39 Å². The lowest BCUT2D eigenvalue weighted by Gasteiger charge is -2.14. The molecule has 0 heterocycles. The number of hydrogen-bond donors (Lipinski definition) is 0. The van der Waals surface area contributed by atoms with Gasteiger partial charge in [-0.05, 0) is 36.5 Å². The van der Waals surface area contributed by atoms with Gasteiger partial charge in [0.25, 0.3) is 0 Å². The van der Waals surface area contributed by atoms with Gasteiger partial charge in [-0.1, -0.05) is 31.5 Å². The SMILES string of the molecule is CCC(CC)c1ccc(F)cc1Cl. The van der Waals surface area contributed by atoms with Gasteiger partial charge in [0.05, 0.1) is 0 Å². The lowest BCUT2D eigenvalue weighted by atomic mass is 9.94. The minimum absolute atomic E-state index is 0.264. The Labute approximate surface area is 83.7 Å². The van der Waals surface area contributed by atoms with Gasteiger partial charge in [-0.2, -0.15) is 0 Å². The molecule has 0 saturated heterocycles. The zero-order chi connectivity index (χ0) is 9.84. The Balaban J connectivity index is 2.99. The summed E-state index contributed by atoms with van der Waals surface area (Å²) in [6, 6.07) is 4.64. The van der Waals surface area contributed by atoms with Crippen LogP contribution in [0.3, 0.4) is 0 Å². The molecule has 13 heavy (non-hydrogen) atoms. The fourth-order valence-corrected chi connectivity index (χ4v) is 1.88. The van der Waals surface area contributed by atoms with Crippen molar-refractivity contribution in [2.24, 2.45) is 0 Å². The lowest BCUT2D eigenvalue weighted by molar-refractivity contribution is 0.616. The third-order valence-corrected chi connectivity index (χ3v) is 2.72. The first kappa shape index (κ1) is 10.5. The molecular formula is C11H14ClF. The van der Waals surface area contributed by atoms with Crippen LogP contribution in [0, 0.1) is 5.82 Å². The van der Waals surface area contributed by atoms with E-state index < -0.39 is 0 Å². The molecule has 72 valence electrons. The van der Waals surface area contributed by atoms with Gasteiger partial charge in [0.15, 0.2) is 0 Å². The van der Waals surface area contributed by atoms with Crippen LogP contribution in [0.5, 0.6) is 0 Å². The molecule has 1 aromatic rings. The van der Waals surface area contributed by atoms with Crippen LogP contribution in [-0.2, 0) is 0 Å². The summed E-state index contributed by atoms with van der Waals surface area (Å²) in [5.41, 5.74) is 1.06. The van der Waals surface area contributed by atoms with Crippen LogP contribution in [0.1, 0.15) is 38.2 Å². The normalized spacial score (nSPS) is 10.8. The van der Waals surface area contributed by atoms with Gasteiger partial charge in [0.1, 0.15) is 5.82 Å². The van der Waals surface area contributed by atoms with Gasteiger partial charge >= 0.3 is 0 Å². The van der Waals surface area contributed by atoms with Gasteiger partial charge in [-0.3, -0.25) is 0 Å². The molecule has 0 aliphatic rings. The van der Waals surface area contributed by atoms with Crippen molar-refractivity contribution in [1.29, 1.82) is 0 Å². The average Bonchev–Trinajstić information content (AvgIpc) is 2.10. The van der Waals surface area contributed by atoms with Crippen molar-refractivity contribution in [2.45, 2.75) is 32.6 Å². The van der Waals surface area contributed by atoms with Gasteiger partial charge < -0.3 is 0 Å². The largest absolute Gasteiger partial charge is 0.207 e. The van der Waals surface area contributed by atoms with E-state index in [0.29, 0.717) is 10.9 Å². The summed E-state index contributed by atoms with van der Waals surface area (Å²) in [6.07, 6.45) is 2.09. The van der Waals surface area contributed by atoms with Crippen LogP contribution >= 0.6 is 11.6 Å². The van der Waals surface area contributed by atoms with E-state index in [1.807, 2.05) is 0 Å². The summed E-state index contributed by atoms with van der Waals surface area (Å²) in [7, 11) is 0. The van der Waals surface area contributed by atoms with E-state index in [-0.39, 0.29) is 5.82 Å². The van der Waals surface area contributed by atoms with E-state index in [0.717, 1.165) is 18.4 Å². The highest BCUT2D eigenvalue weighted by atomic mass is 35.5. The van der Waals surface area contributed by atoms with Gasteiger partial charge in [0, 0.05) is 5.02 Å². The molecule has 0 nitrogen and oxygen atoms in total. The van der Waals surface area contributed by atoms with E-state index in [1.165, 1.54) is 12.1 Å². The van der Waals surface area contributed by atoms with E-state index >= 15 is 0 Å². The Morgan fingerprint density at radius 1 is 1.31 bits per heavy atom. The third-order valence-electron chi connectivity index (χ3n) is 2.39. The molecule has 0 atom stereocenters. The molecule has 0 aromatic heterocycles. The van der Waals surface area contributed by atoms with E-state index in [4.69, 9.17) is 11.6 Å². The maximum Gasteiger partial charge on any atom is 0.124 e. The Bertz CT molecular complexity index is 279.